The number of carbonyl (C=O) groups is 1. The summed E-state index contributed by atoms with van der Waals surface area (Å²) in [6, 6.07) is 5.82. The summed E-state index contributed by atoms with van der Waals surface area (Å²) in [6.07, 6.45) is 1.65. The molecule has 1 fully saturated rings. The Kier molecular flexibility index (Phi) is 4.58. The quantitative estimate of drug-likeness (QED) is 0.756. The van der Waals surface area contributed by atoms with Crippen molar-refractivity contribution in [1.29, 1.82) is 0 Å². The van der Waals surface area contributed by atoms with E-state index < -0.39 is 0 Å². The van der Waals surface area contributed by atoms with Crippen LogP contribution in [0.2, 0.25) is 0 Å². The lowest BCUT2D eigenvalue weighted by molar-refractivity contribution is 0.0700. The van der Waals surface area contributed by atoms with E-state index in [9.17, 15) is 4.79 Å². The summed E-state index contributed by atoms with van der Waals surface area (Å²) in [7, 11) is 0. The fraction of sp³-hybridized carbons (Fsp3) is 0.444. The first-order chi connectivity index (χ1) is 12.6. The Bertz CT molecular complexity index is 875. The van der Waals surface area contributed by atoms with Crippen LogP contribution in [0, 0.1) is 0 Å². The van der Waals surface area contributed by atoms with Crippen molar-refractivity contribution in [3.8, 4) is 10.6 Å². The van der Waals surface area contributed by atoms with Crippen LogP contribution in [0.1, 0.15) is 60.8 Å². The molecule has 26 heavy (non-hydrogen) atoms. The molecule has 0 unspecified atom stereocenters. The second-order valence-electron chi connectivity index (χ2n) is 6.84. The van der Waals surface area contributed by atoms with E-state index in [-0.39, 0.29) is 17.7 Å². The maximum atomic E-state index is 12.7. The number of nitrogens with one attached hydrogen (secondary N) is 1. The van der Waals surface area contributed by atoms with Crippen LogP contribution in [0.3, 0.4) is 0 Å². The molecule has 1 aliphatic rings. The van der Waals surface area contributed by atoms with Gasteiger partial charge in [0.2, 0.25) is 11.8 Å². The number of H-pyrrole nitrogens is 1. The average molecular weight is 371 g/mol. The Hall–Kier alpha value is -2.48. The lowest BCUT2D eigenvalue weighted by atomic mass is 9.96. The van der Waals surface area contributed by atoms with Crippen LogP contribution in [0.15, 0.2) is 28.0 Å². The number of rotatable bonds is 4. The molecule has 4 heterocycles. The normalized spacial score (nSPS) is 15.7. The number of hydrogen-bond donors (Lipinski definition) is 1. The third-order valence-corrected chi connectivity index (χ3v) is 5.57. The Morgan fingerprint density at radius 1 is 1.35 bits per heavy atom. The maximum absolute atomic E-state index is 12.7. The zero-order chi connectivity index (χ0) is 18.1. The monoisotopic (exact) mass is 371 g/mol. The van der Waals surface area contributed by atoms with Crippen molar-refractivity contribution < 1.29 is 9.21 Å². The fourth-order valence-corrected chi connectivity index (χ4v) is 3.82. The summed E-state index contributed by atoms with van der Waals surface area (Å²) in [5.74, 6) is 1.79. The molecule has 0 atom stereocenters. The van der Waals surface area contributed by atoms with Crippen molar-refractivity contribution in [2.45, 2.75) is 38.5 Å². The predicted octanol–water partition coefficient (Wildman–Crippen LogP) is 3.66. The van der Waals surface area contributed by atoms with Crippen molar-refractivity contribution in [1.82, 2.24) is 25.3 Å². The van der Waals surface area contributed by atoms with Crippen LogP contribution in [0.4, 0.5) is 0 Å². The maximum Gasteiger partial charge on any atom is 0.274 e. The highest BCUT2D eigenvalue weighted by molar-refractivity contribution is 7.13. The second kappa shape index (κ2) is 7.03. The molecule has 136 valence electrons. The molecule has 1 aliphatic heterocycles. The summed E-state index contributed by atoms with van der Waals surface area (Å²) in [6.45, 7) is 5.41. The summed E-state index contributed by atoms with van der Waals surface area (Å²) < 4.78 is 5.77. The van der Waals surface area contributed by atoms with Crippen molar-refractivity contribution in [2.75, 3.05) is 13.1 Å². The SMILES string of the molecule is CC(C)c1nnc(C2CCN(C(=O)c3cc(-c4cccs4)[nH]n3)CC2)o1. The van der Waals surface area contributed by atoms with E-state index in [1.807, 2.05) is 42.3 Å². The zero-order valence-corrected chi connectivity index (χ0v) is 15.6. The Morgan fingerprint density at radius 2 is 2.15 bits per heavy atom. The first-order valence-corrected chi connectivity index (χ1v) is 9.71. The molecule has 1 amide bonds. The molecule has 0 aliphatic carbocycles. The highest BCUT2D eigenvalue weighted by atomic mass is 32.1. The van der Waals surface area contributed by atoms with Crippen LogP contribution in [-0.2, 0) is 0 Å². The van der Waals surface area contributed by atoms with E-state index in [2.05, 4.69) is 20.4 Å². The van der Waals surface area contributed by atoms with Gasteiger partial charge in [0, 0.05) is 24.9 Å². The molecule has 0 spiro atoms. The first-order valence-electron chi connectivity index (χ1n) is 8.83. The molecule has 4 rings (SSSR count). The lowest BCUT2D eigenvalue weighted by Gasteiger charge is -2.29. The van der Waals surface area contributed by atoms with Crippen LogP contribution in [-0.4, -0.2) is 44.3 Å². The number of carbonyl (C=O) groups excluding carboxylic acids is 1. The summed E-state index contributed by atoms with van der Waals surface area (Å²) in [5, 5.41) is 17.5. The van der Waals surface area contributed by atoms with Crippen LogP contribution in [0.25, 0.3) is 10.6 Å². The molecule has 0 bridgehead atoms. The molecule has 3 aromatic rings. The van der Waals surface area contributed by atoms with E-state index in [4.69, 9.17) is 4.42 Å². The van der Waals surface area contributed by atoms with Crippen molar-refractivity contribution in [2.24, 2.45) is 0 Å². The molecule has 1 N–H and O–H groups in total. The van der Waals surface area contributed by atoms with Gasteiger partial charge in [0.1, 0.15) is 0 Å². The minimum atomic E-state index is -0.0316. The van der Waals surface area contributed by atoms with Gasteiger partial charge in [-0.05, 0) is 30.4 Å². The molecule has 7 nitrogen and oxygen atoms in total. The Labute approximate surface area is 155 Å². The van der Waals surface area contributed by atoms with E-state index >= 15 is 0 Å². The third-order valence-electron chi connectivity index (χ3n) is 4.67. The van der Waals surface area contributed by atoms with Gasteiger partial charge in [-0.15, -0.1) is 21.5 Å². The number of amides is 1. The highest BCUT2D eigenvalue weighted by Gasteiger charge is 2.29. The van der Waals surface area contributed by atoms with Crippen molar-refractivity contribution >= 4 is 17.2 Å². The van der Waals surface area contributed by atoms with Crippen LogP contribution >= 0.6 is 11.3 Å². The highest BCUT2D eigenvalue weighted by Crippen LogP contribution is 2.29. The smallest absolute Gasteiger partial charge is 0.274 e. The summed E-state index contributed by atoms with van der Waals surface area (Å²) >= 11 is 1.62. The van der Waals surface area contributed by atoms with E-state index in [0.717, 1.165) is 23.4 Å². The van der Waals surface area contributed by atoms with E-state index in [0.29, 0.717) is 30.6 Å². The minimum absolute atomic E-state index is 0.0316. The number of aromatic nitrogens is 4. The number of aromatic amines is 1. The molecular formula is C18H21N5O2S. The lowest BCUT2D eigenvalue weighted by Crippen LogP contribution is -2.38. The average Bonchev–Trinajstić information content (AvgIpc) is 3.42. The van der Waals surface area contributed by atoms with Gasteiger partial charge in [0.25, 0.3) is 5.91 Å². The molecule has 0 radical (unpaired) electrons. The number of likely N-dealkylation sites (tertiary alicyclic amines) is 1. The van der Waals surface area contributed by atoms with Gasteiger partial charge in [-0.25, -0.2) is 0 Å². The standard InChI is InChI=1S/C18H21N5O2S/c1-11(2)16-21-22-17(25-16)12-5-7-23(8-6-12)18(24)14-10-13(19-20-14)15-4-3-9-26-15/h3-4,9-12H,5-8H2,1-2H3,(H,19,20). The Balaban J connectivity index is 1.39. The van der Waals surface area contributed by atoms with Gasteiger partial charge < -0.3 is 9.32 Å². The fourth-order valence-electron chi connectivity index (χ4n) is 3.13. The second-order valence-corrected chi connectivity index (χ2v) is 7.79. The Morgan fingerprint density at radius 3 is 2.81 bits per heavy atom. The molecule has 3 aromatic heterocycles. The zero-order valence-electron chi connectivity index (χ0n) is 14.8. The number of hydrogen-bond acceptors (Lipinski definition) is 6. The number of thiophene rings is 1. The summed E-state index contributed by atoms with van der Waals surface area (Å²) in [4.78, 5) is 15.6. The molecule has 1 saturated heterocycles. The molecular weight excluding hydrogens is 350 g/mol. The van der Waals surface area contributed by atoms with Gasteiger partial charge in [-0.1, -0.05) is 19.9 Å². The molecule has 0 saturated carbocycles. The first kappa shape index (κ1) is 17.0. The summed E-state index contributed by atoms with van der Waals surface area (Å²) in [5.41, 5.74) is 1.34. The van der Waals surface area contributed by atoms with E-state index in [1.165, 1.54) is 0 Å². The molecule has 0 aromatic carbocycles. The topological polar surface area (TPSA) is 87.9 Å². The van der Waals surface area contributed by atoms with Crippen molar-refractivity contribution in [3.63, 3.8) is 0 Å². The number of piperidine rings is 1. The third kappa shape index (κ3) is 3.29. The van der Waals surface area contributed by atoms with Crippen molar-refractivity contribution in [3.05, 3.63) is 41.1 Å². The van der Waals surface area contributed by atoms with E-state index in [1.54, 1.807) is 11.3 Å². The predicted molar refractivity (Wildman–Crippen MR) is 98.2 cm³/mol. The number of nitrogens with zero attached hydrogens (tertiary/aromatic N) is 4. The van der Waals surface area contributed by atoms with Gasteiger partial charge in [0.05, 0.1) is 10.6 Å². The van der Waals surface area contributed by atoms with Gasteiger partial charge >= 0.3 is 0 Å². The van der Waals surface area contributed by atoms with Gasteiger partial charge in [-0.3, -0.25) is 9.89 Å². The van der Waals surface area contributed by atoms with Gasteiger partial charge in [0.15, 0.2) is 5.69 Å². The largest absolute Gasteiger partial charge is 0.425 e. The minimum Gasteiger partial charge on any atom is -0.425 e. The molecule has 8 heteroatoms. The van der Waals surface area contributed by atoms with Crippen LogP contribution < -0.4 is 0 Å². The van der Waals surface area contributed by atoms with Gasteiger partial charge in [-0.2, -0.15) is 5.10 Å². The van der Waals surface area contributed by atoms with Crippen LogP contribution in [0.5, 0.6) is 0 Å².